The molecule has 3 aliphatic rings. The lowest BCUT2D eigenvalue weighted by atomic mass is 10.2. The molecule has 0 saturated carbocycles. The average molecular weight is 294 g/mol. The monoisotopic (exact) mass is 294 g/mol. The van der Waals surface area contributed by atoms with Crippen LogP contribution in [0.5, 0.6) is 11.5 Å². The van der Waals surface area contributed by atoms with Gasteiger partial charge in [-0.15, -0.1) is 0 Å². The lowest BCUT2D eigenvalue weighted by molar-refractivity contribution is 0.0782. The maximum atomic E-state index is 12.1. The van der Waals surface area contributed by atoms with Crippen molar-refractivity contribution in [2.24, 2.45) is 0 Å². The summed E-state index contributed by atoms with van der Waals surface area (Å²) in [4.78, 5) is 16.2. The molecule has 2 aliphatic heterocycles. The van der Waals surface area contributed by atoms with Crippen molar-refractivity contribution in [2.45, 2.75) is 12.6 Å². The second kappa shape index (κ2) is 5.18. The van der Waals surface area contributed by atoms with Crippen LogP contribution in [0.3, 0.4) is 0 Å². The second-order valence-corrected chi connectivity index (χ2v) is 5.18. The molecule has 0 N–H and O–H groups in total. The molecule has 0 fully saturated rings. The molecule has 1 aromatic rings. The van der Waals surface area contributed by atoms with Gasteiger partial charge in [-0.25, -0.2) is 4.79 Å². The number of para-hydroxylation sites is 2. The zero-order valence-electron chi connectivity index (χ0n) is 11.8. The fourth-order valence-corrected chi connectivity index (χ4v) is 2.65. The zero-order valence-corrected chi connectivity index (χ0v) is 11.8. The Morgan fingerprint density at radius 3 is 2.73 bits per heavy atom. The number of rotatable bonds is 2. The molecular weight excluding hydrogens is 280 g/mol. The molecular formula is C17H14N2O3. The highest BCUT2D eigenvalue weighted by molar-refractivity contribution is 5.55. The Hall–Kier alpha value is -2.82. The minimum Gasteiger partial charge on any atom is -0.486 e. The molecule has 0 radical (unpaired) electrons. The van der Waals surface area contributed by atoms with Crippen molar-refractivity contribution in [2.75, 3.05) is 6.61 Å². The van der Waals surface area contributed by atoms with E-state index in [9.17, 15) is 4.79 Å². The predicted octanol–water partition coefficient (Wildman–Crippen LogP) is 2.19. The Morgan fingerprint density at radius 2 is 1.82 bits per heavy atom. The minimum atomic E-state index is -0.261. The molecule has 5 nitrogen and oxygen atoms in total. The van der Waals surface area contributed by atoms with Crippen molar-refractivity contribution in [3.63, 3.8) is 0 Å². The largest absolute Gasteiger partial charge is 0.486 e. The Morgan fingerprint density at radius 1 is 1.05 bits per heavy atom. The van der Waals surface area contributed by atoms with Crippen LogP contribution in [-0.4, -0.2) is 22.3 Å². The summed E-state index contributed by atoms with van der Waals surface area (Å²) < 4.78 is 13.3. The van der Waals surface area contributed by atoms with E-state index >= 15 is 0 Å². The first-order chi connectivity index (χ1) is 10.8. The van der Waals surface area contributed by atoms with Crippen LogP contribution in [-0.2, 0) is 6.54 Å². The van der Waals surface area contributed by atoms with Crippen molar-refractivity contribution in [3.05, 3.63) is 65.1 Å². The summed E-state index contributed by atoms with van der Waals surface area (Å²) in [5.41, 5.74) is 1.23. The third-order valence-corrected chi connectivity index (χ3v) is 3.68. The molecule has 22 heavy (non-hydrogen) atoms. The van der Waals surface area contributed by atoms with Gasteiger partial charge in [-0.1, -0.05) is 30.3 Å². The highest BCUT2D eigenvalue weighted by Gasteiger charge is 2.23. The van der Waals surface area contributed by atoms with Gasteiger partial charge < -0.3 is 9.47 Å². The third-order valence-electron chi connectivity index (χ3n) is 3.68. The van der Waals surface area contributed by atoms with Crippen molar-refractivity contribution < 1.29 is 9.47 Å². The van der Waals surface area contributed by atoms with Crippen LogP contribution in [0.25, 0.3) is 11.4 Å². The molecule has 1 unspecified atom stereocenters. The molecule has 0 amide bonds. The Bertz CT molecular complexity index is 843. The molecule has 0 spiro atoms. The Labute approximate surface area is 127 Å². The number of hydrogen-bond donors (Lipinski definition) is 0. The summed E-state index contributed by atoms with van der Waals surface area (Å²) in [5, 5.41) is 0. The molecule has 5 heteroatoms. The first kappa shape index (κ1) is 12.9. The summed E-state index contributed by atoms with van der Waals surface area (Å²) in [6, 6.07) is 16.9. The fourth-order valence-electron chi connectivity index (χ4n) is 2.65. The first-order valence-corrected chi connectivity index (χ1v) is 7.15. The van der Waals surface area contributed by atoms with Gasteiger partial charge in [-0.05, 0) is 24.3 Å². The number of aromatic nitrogens is 2. The number of nitrogens with zero attached hydrogens (tertiary/aromatic N) is 2. The second-order valence-electron chi connectivity index (χ2n) is 5.18. The number of fused-ring (bicyclic) bond motifs is 2. The summed E-state index contributed by atoms with van der Waals surface area (Å²) in [7, 11) is 0. The fraction of sp³-hybridized carbons (Fsp3) is 0.176. The van der Waals surface area contributed by atoms with Gasteiger partial charge in [0, 0.05) is 0 Å². The van der Waals surface area contributed by atoms with Gasteiger partial charge >= 0.3 is 5.69 Å². The van der Waals surface area contributed by atoms with Crippen LogP contribution < -0.4 is 15.2 Å². The normalized spacial score (nSPS) is 16.6. The van der Waals surface area contributed by atoms with Crippen LogP contribution in [0.2, 0.25) is 0 Å². The van der Waals surface area contributed by atoms with Crippen molar-refractivity contribution in [3.8, 4) is 22.9 Å². The van der Waals surface area contributed by atoms with Crippen molar-refractivity contribution in [1.82, 2.24) is 9.55 Å². The molecule has 4 rings (SSSR count). The van der Waals surface area contributed by atoms with Gasteiger partial charge in [0.05, 0.1) is 17.9 Å². The predicted molar refractivity (Wildman–Crippen MR) is 81.5 cm³/mol. The topological polar surface area (TPSA) is 53.4 Å². The van der Waals surface area contributed by atoms with Gasteiger partial charge in [0.1, 0.15) is 6.61 Å². The van der Waals surface area contributed by atoms with E-state index < -0.39 is 0 Å². The average Bonchev–Trinajstić information content (AvgIpc) is 2.71. The molecule has 1 atom stereocenters. The van der Waals surface area contributed by atoms with Crippen molar-refractivity contribution >= 4 is 0 Å². The number of hydrogen-bond acceptors (Lipinski definition) is 4. The molecule has 0 saturated heterocycles. The van der Waals surface area contributed by atoms with E-state index in [1.807, 2.05) is 54.6 Å². The van der Waals surface area contributed by atoms with E-state index in [-0.39, 0.29) is 11.8 Å². The van der Waals surface area contributed by atoms with Gasteiger partial charge in [0.15, 0.2) is 17.6 Å². The molecule has 1 aliphatic carbocycles. The van der Waals surface area contributed by atoms with E-state index in [1.165, 1.54) is 0 Å². The Kier molecular flexibility index (Phi) is 3.04. The zero-order chi connectivity index (χ0) is 14.9. The maximum Gasteiger partial charge on any atom is 0.348 e. The van der Waals surface area contributed by atoms with Crippen molar-refractivity contribution in [1.29, 1.82) is 0 Å². The molecule has 2 heterocycles. The van der Waals surface area contributed by atoms with Gasteiger partial charge in [-0.3, -0.25) is 4.57 Å². The third kappa shape index (κ3) is 2.20. The van der Waals surface area contributed by atoms with Crippen LogP contribution in [0.1, 0.15) is 0 Å². The van der Waals surface area contributed by atoms with Crippen LogP contribution in [0.15, 0.2) is 59.4 Å². The minimum absolute atomic E-state index is 0.217. The smallest absolute Gasteiger partial charge is 0.348 e. The molecule has 0 aromatic heterocycles. The van der Waals surface area contributed by atoms with Crippen LogP contribution in [0.4, 0.5) is 0 Å². The molecule has 1 aromatic carbocycles. The Balaban J connectivity index is 1.64. The molecule has 0 bridgehead atoms. The lowest BCUT2D eigenvalue weighted by Crippen LogP contribution is -2.35. The van der Waals surface area contributed by atoms with Gasteiger partial charge in [-0.2, -0.15) is 4.98 Å². The van der Waals surface area contributed by atoms with E-state index in [4.69, 9.17) is 9.47 Å². The first-order valence-electron chi connectivity index (χ1n) is 7.15. The summed E-state index contributed by atoms with van der Waals surface area (Å²) in [5.74, 6) is 1.45. The van der Waals surface area contributed by atoms with Crippen LogP contribution in [0, 0.1) is 0 Å². The highest BCUT2D eigenvalue weighted by Crippen LogP contribution is 2.31. The summed E-state index contributed by atoms with van der Waals surface area (Å²) >= 11 is 0. The van der Waals surface area contributed by atoms with E-state index in [0.29, 0.717) is 24.6 Å². The van der Waals surface area contributed by atoms with E-state index in [0.717, 1.165) is 11.4 Å². The highest BCUT2D eigenvalue weighted by atomic mass is 16.6. The van der Waals surface area contributed by atoms with Gasteiger partial charge in [0.25, 0.3) is 0 Å². The summed E-state index contributed by atoms with van der Waals surface area (Å²) in [6.07, 6.45) is -0.217. The standard InChI is InChI=1S/C17H14N2O3/c20-17-18-13-6-2-1-3-7-14(13)19(17)10-12-11-21-15-8-4-5-9-16(15)22-12/h1-9,12H,10-11H2. The number of benzene rings is 1. The SMILES string of the molecule is O=c1nc2cccccc-2n1CC1COc2ccccc2O1. The lowest BCUT2D eigenvalue weighted by Gasteiger charge is -2.26. The van der Waals surface area contributed by atoms with Gasteiger partial charge in [0.2, 0.25) is 0 Å². The number of imidazole rings is 1. The van der Waals surface area contributed by atoms with E-state index in [2.05, 4.69) is 4.98 Å². The number of ether oxygens (including phenoxy) is 2. The summed E-state index contributed by atoms with van der Waals surface area (Å²) in [6.45, 7) is 0.822. The maximum absolute atomic E-state index is 12.1. The van der Waals surface area contributed by atoms with Crippen LogP contribution >= 0.6 is 0 Å². The quantitative estimate of drug-likeness (QED) is 0.727. The molecule has 110 valence electrons. The van der Waals surface area contributed by atoms with E-state index in [1.54, 1.807) is 4.57 Å².